The van der Waals surface area contributed by atoms with E-state index in [-0.39, 0.29) is 17.5 Å². The average molecular weight is 398 g/mol. The second-order valence-corrected chi connectivity index (χ2v) is 7.11. The van der Waals surface area contributed by atoms with Gasteiger partial charge in [-0.3, -0.25) is 14.7 Å². The van der Waals surface area contributed by atoms with Crippen LogP contribution in [-0.2, 0) is 4.79 Å². The third-order valence-corrected chi connectivity index (χ3v) is 4.89. The van der Waals surface area contributed by atoms with E-state index < -0.39 is 0 Å². The van der Waals surface area contributed by atoms with Crippen molar-refractivity contribution in [2.45, 2.75) is 24.9 Å². The van der Waals surface area contributed by atoms with E-state index >= 15 is 0 Å². The molecule has 0 bridgehead atoms. The molecule has 0 aliphatic rings. The minimum absolute atomic E-state index is 0.0956. The fourth-order valence-corrected chi connectivity index (χ4v) is 3.33. The van der Waals surface area contributed by atoms with Gasteiger partial charge in [0.25, 0.3) is 0 Å². The first-order chi connectivity index (χ1) is 13.5. The minimum Gasteiger partial charge on any atom is -0.325 e. The van der Waals surface area contributed by atoms with Gasteiger partial charge >= 0.3 is 0 Å². The molecule has 0 fully saturated rings. The first-order valence-corrected chi connectivity index (χ1v) is 9.73. The van der Waals surface area contributed by atoms with Crippen molar-refractivity contribution in [1.29, 1.82) is 0 Å². The summed E-state index contributed by atoms with van der Waals surface area (Å²) in [6, 6.07) is 13.3. The summed E-state index contributed by atoms with van der Waals surface area (Å²) in [7, 11) is 0. The van der Waals surface area contributed by atoms with Gasteiger partial charge in [0.05, 0.1) is 11.3 Å². The maximum Gasteiger partial charge on any atom is 0.224 e. The number of anilines is 1. The SMILES string of the molecule is CC(=O)c1ccccc1NC(=O)CCCSc1n[nH]c(-c2ccccc2F)n1. The normalized spacial score (nSPS) is 10.6. The van der Waals surface area contributed by atoms with Gasteiger partial charge in [-0.2, -0.15) is 0 Å². The monoisotopic (exact) mass is 398 g/mol. The van der Waals surface area contributed by atoms with Gasteiger partial charge in [0, 0.05) is 17.7 Å². The standard InChI is InChI=1S/C20H19FN4O2S/c1-13(26)14-7-3-5-10-17(14)22-18(27)11-6-12-28-20-23-19(24-25-20)15-8-2-4-9-16(15)21/h2-5,7-10H,6,11-12H2,1H3,(H,22,27)(H,23,24,25). The number of nitrogens with one attached hydrogen (secondary N) is 2. The lowest BCUT2D eigenvalue weighted by Gasteiger charge is -2.08. The van der Waals surface area contributed by atoms with Crippen molar-refractivity contribution in [3.8, 4) is 11.4 Å². The first-order valence-electron chi connectivity index (χ1n) is 8.74. The molecule has 0 saturated carbocycles. The van der Waals surface area contributed by atoms with Gasteiger partial charge in [0.15, 0.2) is 11.6 Å². The van der Waals surface area contributed by atoms with E-state index in [1.54, 1.807) is 42.5 Å². The Morgan fingerprint density at radius 3 is 2.68 bits per heavy atom. The lowest BCUT2D eigenvalue weighted by molar-refractivity contribution is -0.116. The van der Waals surface area contributed by atoms with Gasteiger partial charge in [0.1, 0.15) is 5.82 Å². The Kier molecular flexibility index (Phi) is 6.54. The van der Waals surface area contributed by atoms with Crippen molar-refractivity contribution < 1.29 is 14.0 Å². The highest BCUT2D eigenvalue weighted by atomic mass is 32.2. The lowest BCUT2D eigenvalue weighted by atomic mass is 10.1. The van der Waals surface area contributed by atoms with Crippen molar-refractivity contribution in [2.24, 2.45) is 0 Å². The molecule has 0 spiro atoms. The number of hydrogen-bond acceptors (Lipinski definition) is 5. The zero-order chi connectivity index (χ0) is 19.9. The summed E-state index contributed by atoms with van der Waals surface area (Å²) >= 11 is 1.39. The molecule has 6 nitrogen and oxygen atoms in total. The molecule has 0 atom stereocenters. The highest BCUT2D eigenvalue weighted by Gasteiger charge is 2.11. The highest BCUT2D eigenvalue weighted by molar-refractivity contribution is 7.99. The van der Waals surface area contributed by atoms with Gasteiger partial charge in [0.2, 0.25) is 11.1 Å². The van der Waals surface area contributed by atoms with Crippen LogP contribution in [0.1, 0.15) is 30.1 Å². The van der Waals surface area contributed by atoms with Crippen molar-refractivity contribution in [2.75, 3.05) is 11.1 Å². The minimum atomic E-state index is -0.363. The Hall–Kier alpha value is -3.00. The third kappa shape index (κ3) is 5.04. The molecule has 2 N–H and O–H groups in total. The predicted octanol–water partition coefficient (Wildman–Crippen LogP) is 4.32. The van der Waals surface area contributed by atoms with Crippen molar-refractivity contribution in [1.82, 2.24) is 15.2 Å². The van der Waals surface area contributed by atoms with Crippen molar-refractivity contribution in [3.63, 3.8) is 0 Å². The molecule has 28 heavy (non-hydrogen) atoms. The zero-order valence-corrected chi connectivity index (χ0v) is 16.1. The number of carbonyl (C=O) groups is 2. The number of H-pyrrole nitrogens is 1. The summed E-state index contributed by atoms with van der Waals surface area (Å²) in [4.78, 5) is 28.0. The van der Waals surface area contributed by atoms with Crippen LogP contribution in [0.15, 0.2) is 53.7 Å². The van der Waals surface area contributed by atoms with E-state index in [1.165, 1.54) is 24.8 Å². The molecule has 1 heterocycles. The number of rotatable bonds is 8. The lowest BCUT2D eigenvalue weighted by Crippen LogP contribution is -2.14. The predicted molar refractivity (Wildman–Crippen MR) is 107 cm³/mol. The van der Waals surface area contributed by atoms with Gasteiger partial charge < -0.3 is 5.32 Å². The Labute approximate surface area is 166 Å². The number of para-hydroxylation sites is 1. The molecule has 144 valence electrons. The molecule has 0 radical (unpaired) electrons. The van der Waals surface area contributed by atoms with Crippen LogP contribution in [0.5, 0.6) is 0 Å². The van der Waals surface area contributed by atoms with Gasteiger partial charge in [-0.15, -0.1) is 5.10 Å². The van der Waals surface area contributed by atoms with E-state index in [1.807, 2.05) is 0 Å². The molecule has 2 aromatic carbocycles. The Morgan fingerprint density at radius 2 is 1.89 bits per heavy atom. The average Bonchev–Trinajstić information content (AvgIpc) is 3.14. The second-order valence-electron chi connectivity index (χ2n) is 6.05. The van der Waals surface area contributed by atoms with Crippen LogP contribution >= 0.6 is 11.8 Å². The number of thioether (sulfide) groups is 1. The topological polar surface area (TPSA) is 87.7 Å². The van der Waals surface area contributed by atoms with Crippen LogP contribution in [0.4, 0.5) is 10.1 Å². The van der Waals surface area contributed by atoms with E-state index in [0.717, 1.165) is 0 Å². The van der Waals surface area contributed by atoms with E-state index in [2.05, 4.69) is 20.5 Å². The maximum absolute atomic E-state index is 13.8. The molecular formula is C20H19FN4O2S. The Balaban J connectivity index is 1.47. The molecule has 0 unspecified atom stereocenters. The summed E-state index contributed by atoms with van der Waals surface area (Å²) < 4.78 is 13.8. The number of halogens is 1. The van der Waals surface area contributed by atoms with Gasteiger partial charge in [-0.1, -0.05) is 36.0 Å². The molecule has 1 amide bonds. The van der Waals surface area contributed by atoms with Crippen LogP contribution in [0, 0.1) is 5.82 Å². The number of benzene rings is 2. The van der Waals surface area contributed by atoms with Gasteiger partial charge in [-0.05, 0) is 37.6 Å². The molecular weight excluding hydrogens is 379 g/mol. The largest absolute Gasteiger partial charge is 0.325 e. The van der Waals surface area contributed by atoms with E-state index in [9.17, 15) is 14.0 Å². The quantitative estimate of drug-likeness (QED) is 0.335. The molecule has 0 saturated heterocycles. The Morgan fingerprint density at radius 1 is 1.14 bits per heavy atom. The number of aromatic nitrogens is 3. The number of nitrogens with zero attached hydrogens (tertiary/aromatic N) is 2. The number of ketones is 1. The Bertz CT molecular complexity index is 990. The number of amides is 1. The van der Waals surface area contributed by atoms with Gasteiger partial charge in [-0.25, -0.2) is 9.37 Å². The third-order valence-electron chi connectivity index (χ3n) is 3.95. The van der Waals surface area contributed by atoms with E-state index in [4.69, 9.17) is 0 Å². The second kappa shape index (κ2) is 9.27. The van der Waals surface area contributed by atoms with Crippen LogP contribution in [-0.4, -0.2) is 32.6 Å². The zero-order valence-electron chi connectivity index (χ0n) is 15.2. The fraction of sp³-hybridized carbons (Fsp3) is 0.200. The summed E-state index contributed by atoms with van der Waals surface area (Å²) in [6.45, 7) is 1.47. The van der Waals surface area contributed by atoms with Crippen LogP contribution in [0.3, 0.4) is 0 Å². The summed E-state index contributed by atoms with van der Waals surface area (Å²) in [5.74, 6) is 0.394. The number of aromatic amines is 1. The van der Waals surface area contributed by atoms with Crippen molar-refractivity contribution >= 4 is 29.1 Å². The highest BCUT2D eigenvalue weighted by Crippen LogP contribution is 2.22. The number of carbonyl (C=O) groups excluding carboxylic acids is 2. The van der Waals surface area contributed by atoms with Crippen molar-refractivity contribution in [3.05, 3.63) is 59.9 Å². The molecule has 8 heteroatoms. The smallest absolute Gasteiger partial charge is 0.224 e. The molecule has 0 aliphatic heterocycles. The van der Waals surface area contributed by atoms with Crippen LogP contribution < -0.4 is 5.32 Å². The summed E-state index contributed by atoms with van der Waals surface area (Å²) in [5, 5.41) is 10.1. The number of Topliss-reactive ketones (excluding diaryl/α,β-unsaturated/α-hetero) is 1. The molecule has 3 rings (SSSR count). The van der Waals surface area contributed by atoms with E-state index in [0.29, 0.717) is 46.4 Å². The number of hydrogen-bond donors (Lipinski definition) is 2. The van der Waals surface area contributed by atoms with Crippen LogP contribution in [0.2, 0.25) is 0 Å². The molecule has 0 aliphatic carbocycles. The first kappa shape index (κ1) is 19.8. The summed E-state index contributed by atoms with van der Waals surface area (Å²) in [6.07, 6.45) is 0.923. The summed E-state index contributed by atoms with van der Waals surface area (Å²) in [5.41, 5.74) is 1.38. The molecule has 1 aromatic heterocycles. The van der Waals surface area contributed by atoms with Crippen LogP contribution in [0.25, 0.3) is 11.4 Å². The fourth-order valence-electron chi connectivity index (χ4n) is 2.59. The molecule has 3 aromatic rings. The maximum atomic E-state index is 13.8.